The van der Waals surface area contributed by atoms with E-state index >= 15 is 0 Å². The van der Waals surface area contributed by atoms with Crippen molar-refractivity contribution < 1.29 is 9.47 Å². The highest BCUT2D eigenvalue weighted by Crippen LogP contribution is 2.22. The van der Waals surface area contributed by atoms with Crippen molar-refractivity contribution >= 4 is 0 Å². The molecule has 0 radical (unpaired) electrons. The second kappa shape index (κ2) is 6.96. The van der Waals surface area contributed by atoms with E-state index in [1.807, 2.05) is 48.5 Å². The number of benzene rings is 2. The lowest BCUT2D eigenvalue weighted by Gasteiger charge is -2.12. The Morgan fingerprint density at radius 3 is 2.40 bits per heavy atom. The number of hydrogen-bond acceptors (Lipinski definition) is 3. The van der Waals surface area contributed by atoms with Crippen molar-refractivity contribution in [1.29, 1.82) is 0 Å². The maximum Gasteiger partial charge on any atom is 0.125 e. The topological polar surface area (TPSA) is 44.5 Å². The Morgan fingerprint density at radius 1 is 1.05 bits per heavy atom. The number of para-hydroxylation sites is 1. The van der Waals surface area contributed by atoms with Crippen molar-refractivity contribution in [3.05, 3.63) is 59.7 Å². The van der Waals surface area contributed by atoms with Gasteiger partial charge in [0.2, 0.25) is 0 Å². The van der Waals surface area contributed by atoms with Gasteiger partial charge in [0.15, 0.2) is 0 Å². The summed E-state index contributed by atoms with van der Waals surface area (Å²) in [6, 6.07) is 15.9. The molecule has 2 aromatic rings. The van der Waals surface area contributed by atoms with E-state index in [1.165, 1.54) is 0 Å². The minimum atomic E-state index is 0.0956. The lowest BCUT2D eigenvalue weighted by atomic mass is 10.1. The molecule has 0 bridgehead atoms. The van der Waals surface area contributed by atoms with E-state index in [0.29, 0.717) is 6.61 Å². The fourth-order valence-corrected chi connectivity index (χ4v) is 2.03. The molecule has 0 aliphatic rings. The van der Waals surface area contributed by atoms with E-state index in [4.69, 9.17) is 15.2 Å². The van der Waals surface area contributed by atoms with Crippen LogP contribution in [0, 0.1) is 0 Å². The van der Waals surface area contributed by atoms with Gasteiger partial charge in [-0.15, -0.1) is 0 Å². The first-order chi connectivity index (χ1) is 9.74. The molecule has 0 aromatic heterocycles. The van der Waals surface area contributed by atoms with Crippen molar-refractivity contribution in [2.24, 2.45) is 5.73 Å². The van der Waals surface area contributed by atoms with Gasteiger partial charge in [0.05, 0.1) is 7.11 Å². The smallest absolute Gasteiger partial charge is 0.125 e. The molecule has 20 heavy (non-hydrogen) atoms. The summed E-state index contributed by atoms with van der Waals surface area (Å²) in [5, 5.41) is 0. The molecule has 0 fully saturated rings. The number of nitrogens with two attached hydrogens (primary N) is 1. The fourth-order valence-electron chi connectivity index (χ4n) is 2.03. The van der Waals surface area contributed by atoms with Crippen molar-refractivity contribution in [2.75, 3.05) is 7.11 Å². The van der Waals surface area contributed by atoms with Crippen LogP contribution in [0.25, 0.3) is 0 Å². The lowest BCUT2D eigenvalue weighted by molar-refractivity contribution is 0.296. The van der Waals surface area contributed by atoms with Gasteiger partial charge >= 0.3 is 0 Å². The summed E-state index contributed by atoms with van der Waals surface area (Å²) in [6.45, 7) is 2.57. The van der Waals surface area contributed by atoms with Crippen LogP contribution < -0.4 is 15.2 Å². The summed E-state index contributed by atoms with van der Waals surface area (Å²) in [6.07, 6.45) is 0.932. The van der Waals surface area contributed by atoms with Crippen LogP contribution >= 0.6 is 0 Å². The van der Waals surface area contributed by atoms with Crippen molar-refractivity contribution in [3.63, 3.8) is 0 Å². The van der Waals surface area contributed by atoms with Crippen molar-refractivity contribution in [3.8, 4) is 11.5 Å². The molecule has 3 nitrogen and oxygen atoms in total. The standard InChI is InChI=1S/C17H21NO2/c1-3-16(18)13-8-10-15(11-9-13)20-12-14-6-4-5-7-17(14)19-2/h4-11,16H,3,12,18H2,1-2H3. The normalized spacial score (nSPS) is 11.9. The molecule has 0 amide bonds. The Kier molecular flexibility index (Phi) is 5.02. The third-order valence-corrected chi connectivity index (χ3v) is 3.33. The summed E-state index contributed by atoms with van der Waals surface area (Å²) in [4.78, 5) is 0. The Balaban J connectivity index is 2.00. The van der Waals surface area contributed by atoms with Crippen LogP contribution in [-0.2, 0) is 6.61 Å². The first-order valence-corrected chi connectivity index (χ1v) is 6.84. The van der Waals surface area contributed by atoms with Crippen molar-refractivity contribution in [1.82, 2.24) is 0 Å². The highest BCUT2D eigenvalue weighted by atomic mass is 16.5. The molecule has 2 N–H and O–H groups in total. The molecule has 1 atom stereocenters. The molecule has 0 heterocycles. The molecule has 3 heteroatoms. The third-order valence-electron chi connectivity index (χ3n) is 3.33. The number of rotatable bonds is 6. The predicted octanol–water partition coefficient (Wildman–Crippen LogP) is 3.68. The van der Waals surface area contributed by atoms with Crippen LogP contribution in [0.2, 0.25) is 0 Å². The molecular formula is C17H21NO2. The summed E-state index contributed by atoms with van der Waals surface area (Å²) >= 11 is 0. The summed E-state index contributed by atoms with van der Waals surface area (Å²) in [5.41, 5.74) is 8.16. The average molecular weight is 271 g/mol. The Bertz CT molecular complexity index is 537. The molecule has 0 saturated heterocycles. The molecule has 0 aliphatic heterocycles. The zero-order valence-electron chi connectivity index (χ0n) is 12.0. The van der Waals surface area contributed by atoms with Gasteiger partial charge in [-0.3, -0.25) is 0 Å². The molecule has 2 rings (SSSR count). The second-order valence-electron chi connectivity index (χ2n) is 4.68. The van der Waals surface area contributed by atoms with E-state index in [9.17, 15) is 0 Å². The summed E-state index contributed by atoms with van der Waals surface area (Å²) in [5.74, 6) is 1.68. The van der Waals surface area contributed by atoms with Crippen LogP contribution in [0.5, 0.6) is 11.5 Å². The second-order valence-corrected chi connectivity index (χ2v) is 4.68. The summed E-state index contributed by atoms with van der Waals surface area (Å²) in [7, 11) is 1.67. The minimum absolute atomic E-state index is 0.0956. The molecule has 106 valence electrons. The van der Waals surface area contributed by atoms with Gasteiger partial charge in [-0.05, 0) is 30.2 Å². The SMILES string of the molecule is CCC(N)c1ccc(OCc2ccccc2OC)cc1. The van der Waals surface area contributed by atoms with Gasteiger partial charge in [-0.2, -0.15) is 0 Å². The highest BCUT2D eigenvalue weighted by molar-refractivity contribution is 5.34. The largest absolute Gasteiger partial charge is 0.496 e. The molecule has 2 aromatic carbocycles. The van der Waals surface area contributed by atoms with E-state index in [2.05, 4.69) is 6.92 Å². The van der Waals surface area contributed by atoms with Crippen LogP contribution in [-0.4, -0.2) is 7.11 Å². The summed E-state index contributed by atoms with van der Waals surface area (Å²) < 4.78 is 11.1. The molecular weight excluding hydrogens is 250 g/mol. The Hall–Kier alpha value is -2.00. The number of ether oxygens (including phenoxy) is 2. The van der Waals surface area contributed by atoms with Crippen molar-refractivity contribution in [2.45, 2.75) is 26.0 Å². The van der Waals surface area contributed by atoms with Gasteiger partial charge in [0, 0.05) is 11.6 Å². The van der Waals surface area contributed by atoms with Crippen LogP contribution in [0.3, 0.4) is 0 Å². The van der Waals surface area contributed by atoms with E-state index < -0.39 is 0 Å². The third kappa shape index (κ3) is 3.52. The van der Waals surface area contributed by atoms with Crippen LogP contribution in [0.4, 0.5) is 0 Å². The van der Waals surface area contributed by atoms with Gasteiger partial charge in [-0.1, -0.05) is 37.3 Å². The molecule has 0 spiro atoms. The highest BCUT2D eigenvalue weighted by Gasteiger charge is 2.05. The number of methoxy groups -OCH3 is 1. The average Bonchev–Trinajstić information content (AvgIpc) is 2.53. The first kappa shape index (κ1) is 14.4. The maximum absolute atomic E-state index is 5.99. The lowest BCUT2D eigenvalue weighted by Crippen LogP contribution is -2.08. The van der Waals surface area contributed by atoms with Gasteiger partial charge in [0.25, 0.3) is 0 Å². The zero-order chi connectivity index (χ0) is 14.4. The molecule has 0 saturated carbocycles. The van der Waals surface area contributed by atoms with E-state index in [0.717, 1.165) is 29.0 Å². The van der Waals surface area contributed by atoms with Crippen LogP contribution in [0.1, 0.15) is 30.5 Å². The quantitative estimate of drug-likeness (QED) is 0.871. The maximum atomic E-state index is 5.99. The van der Waals surface area contributed by atoms with Gasteiger partial charge in [0.1, 0.15) is 18.1 Å². The Labute approximate surface area is 120 Å². The van der Waals surface area contributed by atoms with E-state index in [-0.39, 0.29) is 6.04 Å². The van der Waals surface area contributed by atoms with Crippen LogP contribution in [0.15, 0.2) is 48.5 Å². The Morgan fingerprint density at radius 2 is 1.75 bits per heavy atom. The molecule has 0 aliphatic carbocycles. The monoisotopic (exact) mass is 271 g/mol. The minimum Gasteiger partial charge on any atom is -0.496 e. The fraction of sp³-hybridized carbons (Fsp3) is 0.294. The van der Waals surface area contributed by atoms with Gasteiger partial charge in [-0.25, -0.2) is 0 Å². The first-order valence-electron chi connectivity index (χ1n) is 6.84. The van der Waals surface area contributed by atoms with Gasteiger partial charge < -0.3 is 15.2 Å². The van der Waals surface area contributed by atoms with E-state index in [1.54, 1.807) is 7.11 Å². The predicted molar refractivity (Wildman–Crippen MR) is 81.0 cm³/mol. The molecule has 1 unspecified atom stereocenters. The number of hydrogen-bond donors (Lipinski definition) is 1. The zero-order valence-corrected chi connectivity index (χ0v) is 12.0.